The topological polar surface area (TPSA) is 94.2 Å². The molecule has 162 valence electrons. The summed E-state index contributed by atoms with van der Waals surface area (Å²) in [6.45, 7) is 1.98. The summed E-state index contributed by atoms with van der Waals surface area (Å²) in [5.74, 6) is 0.876. The molecule has 0 aliphatic carbocycles. The highest BCUT2D eigenvalue weighted by atomic mass is 79.9. The standard InChI is InChI=1S/C20H23BrN2O6S/c21-16-1-3-18(4-2-16)29-15-20(24)22-9-12-28-17-5-7-19(8-6-17)30(25,26)23-10-13-27-14-11-23/h1-8H,9-15H2,(H,22,24). The first kappa shape index (κ1) is 22.5. The number of nitrogens with one attached hydrogen (secondary N) is 1. The van der Waals surface area contributed by atoms with E-state index in [9.17, 15) is 13.2 Å². The van der Waals surface area contributed by atoms with Crippen LogP contribution in [0.2, 0.25) is 0 Å². The summed E-state index contributed by atoms with van der Waals surface area (Å²) in [5.41, 5.74) is 0. The molecule has 2 aromatic rings. The van der Waals surface area contributed by atoms with E-state index < -0.39 is 10.0 Å². The van der Waals surface area contributed by atoms with Gasteiger partial charge in [0.1, 0.15) is 18.1 Å². The first-order valence-corrected chi connectivity index (χ1v) is 11.6. The van der Waals surface area contributed by atoms with E-state index in [0.717, 1.165) is 4.47 Å². The number of carbonyl (C=O) groups is 1. The molecule has 3 rings (SSSR count). The van der Waals surface area contributed by atoms with E-state index in [0.29, 0.717) is 44.3 Å². The van der Waals surface area contributed by atoms with Gasteiger partial charge in [0.2, 0.25) is 10.0 Å². The van der Waals surface area contributed by atoms with Crippen molar-refractivity contribution in [2.45, 2.75) is 4.90 Å². The van der Waals surface area contributed by atoms with Gasteiger partial charge in [-0.1, -0.05) is 15.9 Å². The van der Waals surface area contributed by atoms with Gasteiger partial charge in [0, 0.05) is 17.6 Å². The number of carbonyl (C=O) groups excluding carboxylic acids is 1. The third kappa shape index (κ3) is 6.43. The lowest BCUT2D eigenvalue weighted by Gasteiger charge is -2.26. The Balaban J connectivity index is 1.38. The molecule has 1 aliphatic rings. The predicted octanol–water partition coefficient (Wildman–Crippen LogP) is 2.04. The van der Waals surface area contributed by atoms with Crippen LogP contribution in [0.15, 0.2) is 57.9 Å². The van der Waals surface area contributed by atoms with Gasteiger partial charge in [0.25, 0.3) is 5.91 Å². The van der Waals surface area contributed by atoms with E-state index in [-0.39, 0.29) is 24.0 Å². The molecule has 0 bridgehead atoms. The van der Waals surface area contributed by atoms with Crippen LogP contribution in [-0.2, 0) is 19.6 Å². The van der Waals surface area contributed by atoms with Gasteiger partial charge < -0.3 is 19.5 Å². The van der Waals surface area contributed by atoms with Crippen molar-refractivity contribution in [3.05, 3.63) is 53.0 Å². The molecule has 10 heteroatoms. The molecule has 8 nitrogen and oxygen atoms in total. The number of benzene rings is 2. The van der Waals surface area contributed by atoms with Crippen LogP contribution >= 0.6 is 15.9 Å². The van der Waals surface area contributed by atoms with Crippen molar-refractivity contribution in [3.63, 3.8) is 0 Å². The summed E-state index contributed by atoms with van der Waals surface area (Å²) in [6, 6.07) is 13.4. The Morgan fingerprint density at radius 2 is 1.60 bits per heavy atom. The maximum absolute atomic E-state index is 12.6. The van der Waals surface area contributed by atoms with E-state index in [2.05, 4.69) is 21.2 Å². The number of ether oxygens (including phenoxy) is 3. The molecule has 1 heterocycles. The van der Waals surface area contributed by atoms with Crippen LogP contribution < -0.4 is 14.8 Å². The number of nitrogens with zero attached hydrogens (tertiary/aromatic N) is 1. The zero-order valence-electron chi connectivity index (χ0n) is 16.3. The quantitative estimate of drug-likeness (QED) is 0.531. The fraction of sp³-hybridized carbons (Fsp3) is 0.350. The molecule has 1 saturated heterocycles. The second kappa shape index (κ2) is 10.8. The largest absolute Gasteiger partial charge is 0.492 e. The van der Waals surface area contributed by atoms with E-state index >= 15 is 0 Å². The Bertz CT molecular complexity index is 929. The number of halogens is 1. The molecular weight excluding hydrogens is 476 g/mol. The lowest BCUT2D eigenvalue weighted by Crippen LogP contribution is -2.40. The van der Waals surface area contributed by atoms with Crippen molar-refractivity contribution >= 4 is 31.9 Å². The van der Waals surface area contributed by atoms with Crippen molar-refractivity contribution in [1.82, 2.24) is 9.62 Å². The van der Waals surface area contributed by atoms with Crippen LogP contribution in [0, 0.1) is 0 Å². The Hall–Kier alpha value is -2.14. The fourth-order valence-corrected chi connectivity index (χ4v) is 4.41. The molecule has 0 spiro atoms. The van der Waals surface area contributed by atoms with E-state index in [1.165, 1.54) is 16.4 Å². The molecule has 0 radical (unpaired) electrons. The van der Waals surface area contributed by atoms with E-state index in [1.54, 1.807) is 24.3 Å². The van der Waals surface area contributed by atoms with Crippen molar-refractivity contribution < 1.29 is 27.4 Å². The minimum atomic E-state index is -3.52. The van der Waals surface area contributed by atoms with Gasteiger partial charge in [-0.3, -0.25) is 4.79 Å². The maximum atomic E-state index is 12.6. The Kier molecular flexibility index (Phi) is 8.08. The van der Waals surface area contributed by atoms with Gasteiger partial charge in [-0.25, -0.2) is 8.42 Å². The van der Waals surface area contributed by atoms with E-state index in [4.69, 9.17) is 14.2 Å². The number of hydrogen-bond acceptors (Lipinski definition) is 6. The summed E-state index contributed by atoms with van der Waals surface area (Å²) in [7, 11) is -3.52. The number of rotatable bonds is 9. The van der Waals surface area contributed by atoms with Gasteiger partial charge in [0.05, 0.1) is 24.7 Å². The summed E-state index contributed by atoms with van der Waals surface area (Å²) >= 11 is 3.33. The monoisotopic (exact) mass is 498 g/mol. The highest BCUT2D eigenvalue weighted by Gasteiger charge is 2.26. The summed E-state index contributed by atoms with van der Waals surface area (Å²) in [6.07, 6.45) is 0. The van der Waals surface area contributed by atoms with Crippen molar-refractivity contribution in [1.29, 1.82) is 0 Å². The molecule has 1 N–H and O–H groups in total. The zero-order valence-corrected chi connectivity index (χ0v) is 18.7. The van der Waals surface area contributed by atoms with E-state index in [1.807, 2.05) is 12.1 Å². The number of hydrogen-bond donors (Lipinski definition) is 1. The second-order valence-electron chi connectivity index (χ2n) is 6.43. The molecule has 2 aromatic carbocycles. The average Bonchev–Trinajstić information content (AvgIpc) is 2.77. The SMILES string of the molecule is O=C(COc1ccc(Br)cc1)NCCOc1ccc(S(=O)(=O)N2CCOCC2)cc1. The summed E-state index contributed by atoms with van der Waals surface area (Å²) in [5, 5.41) is 2.70. The van der Waals surface area contributed by atoms with Gasteiger partial charge in [-0.15, -0.1) is 0 Å². The maximum Gasteiger partial charge on any atom is 0.258 e. The van der Waals surface area contributed by atoms with Crippen LogP contribution in [0.25, 0.3) is 0 Å². The molecule has 0 atom stereocenters. The van der Waals surface area contributed by atoms with Crippen molar-refractivity contribution in [2.24, 2.45) is 0 Å². The van der Waals surface area contributed by atoms with Gasteiger partial charge in [-0.2, -0.15) is 4.31 Å². The normalized spacial score (nSPS) is 14.8. The average molecular weight is 499 g/mol. The van der Waals surface area contributed by atoms with Gasteiger partial charge in [0.15, 0.2) is 6.61 Å². The third-order valence-electron chi connectivity index (χ3n) is 4.31. The minimum Gasteiger partial charge on any atom is -0.492 e. The number of sulfonamides is 1. The fourth-order valence-electron chi connectivity index (χ4n) is 2.73. The van der Waals surface area contributed by atoms with Crippen LogP contribution in [0.4, 0.5) is 0 Å². The van der Waals surface area contributed by atoms with Gasteiger partial charge >= 0.3 is 0 Å². The first-order chi connectivity index (χ1) is 14.4. The Morgan fingerprint density at radius 3 is 2.27 bits per heavy atom. The van der Waals surface area contributed by atoms with Crippen molar-refractivity contribution in [2.75, 3.05) is 46.1 Å². The summed E-state index contributed by atoms with van der Waals surface area (Å²) in [4.78, 5) is 12.0. The highest BCUT2D eigenvalue weighted by molar-refractivity contribution is 9.10. The van der Waals surface area contributed by atoms with Crippen molar-refractivity contribution in [3.8, 4) is 11.5 Å². The minimum absolute atomic E-state index is 0.0876. The molecule has 1 fully saturated rings. The number of morpholine rings is 1. The molecule has 0 aromatic heterocycles. The highest BCUT2D eigenvalue weighted by Crippen LogP contribution is 2.20. The second-order valence-corrected chi connectivity index (χ2v) is 9.28. The van der Waals surface area contributed by atoms with Crippen LogP contribution in [0.5, 0.6) is 11.5 Å². The Morgan fingerprint density at radius 1 is 1.00 bits per heavy atom. The molecule has 0 unspecified atom stereocenters. The third-order valence-corrected chi connectivity index (χ3v) is 6.75. The first-order valence-electron chi connectivity index (χ1n) is 9.41. The predicted molar refractivity (Wildman–Crippen MR) is 114 cm³/mol. The zero-order chi connectivity index (χ0) is 21.4. The molecule has 1 aliphatic heterocycles. The van der Waals surface area contributed by atoms with Gasteiger partial charge in [-0.05, 0) is 48.5 Å². The molecule has 30 heavy (non-hydrogen) atoms. The smallest absolute Gasteiger partial charge is 0.258 e. The van der Waals surface area contributed by atoms with Crippen LogP contribution in [-0.4, -0.2) is 64.7 Å². The molecule has 0 saturated carbocycles. The molecule has 1 amide bonds. The summed E-state index contributed by atoms with van der Waals surface area (Å²) < 4.78 is 43.7. The Labute approximate surface area is 184 Å². The molecular formula is C20H23BrN2O6S. The van der Waals surface area contributed by atoms with Crippen LogP contribution in [0.3, 0.4) is 0 Å². The number of amides is 1. The van der Waals surface area contributed by atoms with Crippen LogP contribution in [0.1, 0.15) is 0 Å². The lowest BCUT2D eigenvalue weighted by atomic mass is 10.3. The lowest BCUT2D eigenvalue weighted by molar-refractivity contribution is -0.123.